The lowest BCUT2D eigenvalue weighted by Gasteiger charge is -2.56. The minimum absolute atomic E-state index is 0.580. The van der Waals surface area contributed by atoms with Gasteiger partial charge in [-0.25, -0.2) is 0 Å². The van der Waals surface area contributed by atoms with Crippen molar-refractivity contribution in [2.45, 2.75) is 76.9 Å². The first-order chi connectivity index (χ1) is 7.75. The van der Waals surface area contributed by atoms with Gasteiger partial charge in [0.25, 0.3) is 0 Å². The molecule has 2 fully saturated rings. The van der Waals surface area contributed by atoms with Crippen molar-refractivity contribution in [3.8, 4) is 0 Å². The summed E-state index contributed by atoms with van der Waals surface area (Å²) in [7, 11) is 0. The fourth-order valence-electron chi connectivity index (χ4n) is 3.51. The van der Waals surface area contributed by atoms with Crippen LogP contribution in [0, 0.1) is 0 Å². The summed E-state index contributed by atoms with van der Waals surface area (Å²) in [5, 5.41) is 3.70. The van der Waals surface area contributed by atoms with E-state index in [0.29, 0.717) is 5.54 Å². The molecule has 2 unspecified atom stereocenters. The molecule has 1 saturated heterocycles. The fraction of sp³-hybridized carbons (Fsp3) is 1.00. The maximum atomic E-state index is 3.70. The third-order valence-electron chi connectivity index (χ3n) is 5.02. The maximum Gasteiger partial charge on any atom is 0.0224 e. The predicted octanol–water partition coefficient (Wildman–Crippen LogP) is 2.78. The number of hydrogen-bond acceptors (Lipinski definition) is 2. The molecule has 2 atom stereocenters. The van der Waals surface area contributed by atoms with Crippen molar-refractivity contribution in [2.24, 2.45) is 0 Å². The van der Waals surface area contributed by atoms with Crippen LogP contribution in [0.25, 0.3) is 0 Å². The zero-order chi connectivity index (χ0) is 11.6. The Labute approximate surface area is 101 Å². The highest BCUT2D eigenvalue weighted by Crippen LogP contribution is 2.42. The van der Waals surface area contributed by atoms with Gasteiger partial charge in [0, 0.05) is 30.7 Å². The van der Waals surface area contributed by atoms with Crippen molar-refractivity contribution >= 4 is 0 Å². The summed E-state index contributed by atoms with van der Waals surface area (Å²) in [6.07, 6.45) is 8.25. The number of nitrogens with zero attached hydrogens (tertiary/aromatic N) is 1. The fourth-order valence-corrected chi connectivity index (χ4v) is 3.51. The van der Waals surface area contributed by atoms with Gasteiger partial charge in [-0.3, -0.25) is 4.90 Å². The first-order valence-electron chi connectivity index (χ1n) is 7.26. The SMILES string of the molecule is CCC1CN(C2(CC)CCC2)C(CC)CN1. The summed E-state index contributed by atoms with van der Waals surface area (Å²) in [6.45, 7) is 9.52. The Morgan fingerprint density at radius 1 is 1.19 bits per heavy atom. The summed E-state index contributed by atoms with van der Waals surface area (Å²) < 4.78 is 0. The lowest BCUT2D eigenvalue weighted by atomic mass is 9.72. The topological polar surface area (TPSA) is 15.3 Å². The van der Waals surface area contributed by atoms with E-state index >= 15 is 0 Å². The normalized spacial score (nSPS) is 34.7. The van der Waals surface area contributed by atoms with Gasteiger partial charge in [-0.05, 0) is 38.5 Å². The summed E-state index contributed by atoms with van der Waals surface area (Å²) in [5.41, 5.74) is 0.580. The van der Waals surface area contributed by atoms with Gasteiger partial charge in [0.05, 0.1) is 0 Å². The summed E-state index contributed by atoms with van der Waals surface area (Å²) in [6, 6.07) is 1.51. The molecule has 1 aliphatic heterocycles. The van der Waals surface area contributed by atoms with Gasteiger partial charge in [-0.1, -0.05) is 20.8 Å². The second-order valence-electron chi connectivity index (χ2n) is 5.66. The molecule has 2 rings (SSSR count). The molecule has 1 heterocycles. The Morgan fingerprint density at radius 3 is 2.38 bits per heavy atom. The van der Waals surface area contributed by atoms with Gasteiger partial charge in [0.1, 0.15) is 0 Å². The number of hydrogen-bond donors (Lipinski definition) is 1. The zero-order valence-electron chi connectivity index (χ0n) is 11.3. The van der Waals surface area contributed by atoms with Crippen LogP contribution >= 0.6 is 0 Å². The van der Waals surface area contributed by atoms with Crippen LogP contribution in [-0.4, -0.2) is 35.6 Å². The summed E-state index contributed by atoms with van der Waals surface area (Å²) in [4.78, 5) is 2.86. The van der Waals surface area contributed by atoms with Gasteiger partial charge in [-0.15, -0.1) is 0 Å². The second kappa shape index (κ2) is 5.05. The molecule has 2 aliphatic rings. The molecule has 0 aromatic carbocycles. The first kappa shape index (κ1) is 12.4. The minimum Gasteiger partial charge on any atom is -0.311 e. The molecule has 16 heavy (non-hydrogen) atoms. The molecule has 1 N–H and O–H groups in total. The highest BCUT2D eigenvalue weighted by Gasteiger charge is 2.45. The molecule has 0 bridgehead atoms. The first-order valence-corrected chi connectivity index (χ1v) is 7.26. The van der Waals surface area contributed by atoms with E-state index in [-0.39, 0.29) is 0 Å². The van der Waals surface area contributed by atoms with Crippen molar-refractivity contribution in [1.29, 1.82) is 0 Å². The molecular formula is C14H28N2. The lowest BCUT2D eigenvalue weighted by Crippen LogP contribution is -2.66. The molecular weight excluding hydrogens is 196 g/mol. The van der Waals surface area contributed by atoms with E-state index in [4.69, 9.17) is 0 Å². The largest absolute Gasteiger partial charge is 0.311 e. The van der Waals surface area contributed by atoms with Crippen LogP contribution in [0.5, 0.6) is 0 Å². The van der Waals surface area contributed by atoms with Crippen LogP contribution in [0.4, 0.5) is 0 Å². The van der Waals surface area contributed by atoms with Crippen molar-refractivity contribution < 1.29 is 0 Å². The van der Waals surface area contributed by atoms with Gasteiger partial charge in [0.2, 0.25) is 0 Å². The summed E-state index contributed by atoms with van der Waals surface area (Å²) in [5.74, 6) is 0. The van der Waals surface area contributed by atoms with E-state index in [2.05, 4.69) is 31.0 Å². The maximum absolute atomic E-state index is 3.70. The number of piperazine rings is 1. The van der Waals surface area contributed by atoms with E-state index in [0.717, 1.165) is 12.1 Å². The average molecular weight is 224 g/mol. The molecule has 94 valence electrons. The molecule has 2 heteroatoms. The molecule has 0 aromatic rings. The third-order valence-corrected chi connectivity index (χ3v) is 5.02. The van der Waals surface area contributed by atoms with Gasteiger partial charge in [0.15, 0.2) is 0 Å². The monoisotopic (exact) mass is 224 g/mol. The Bertz CT molecular complexity index is 217. The number of rotatable bonds is 4. The standard InChI is InChI=1S/C14H28N2/c1-4-12-11-16(13(5-2)10-15-12)14(6-3)8-7-9-14/h12-13,15H,4-11H2,1-3H3. The van der Waals surface area contributed by atoms with Crippen LogP contribution in [-0.2, 0) is 0 Å². The Kier molecular flexibility index (Phi) is 3.91. The van der Waals surface area contributed by atoms with E-state index in [1.165, 1.54) is 51.6 Å². The van der Waals surface area contributed by atoms with E-state index < -0.39 is 0 Å². The van der Waals surface area contributed by atoms with E-state index in [1.54, 1.807) is 0 Å². The molecule has 1 saturated carbocycles. The third kappa shape index (κ3) is 2.02. The smallest absolute Gasteiger partial charge is 0.0224 e. The van der Waals surface area contributed by atoms with Gasteiger partial charge < -0.3 is 5.32 Å². The predicted molar refractivity (Wildman–Crippen MR) is 69.7 cm³/mol. The van der Waals surface area contributed by atoms with Crippen molar-refractivity contribution in [1.82, 2.24) is 10.2 Å². The van der Waals surface area contributed by atoms with Crippen LogP contribution in [0.1, 0.15) is 59.3 Å². The van der Waals surface area contributed by atoms with Crippen LogP contribution < -0.4 is 5.32 Å². The van der Waals surface area contributed by atoms with Gasteiger partial charge in [-0.2, -0.15) is 0 Å². The second-order valence-corrected chi connectivity index (χ2v) is 5.66. The highest BCUT2D eigenvalue weighted by molar-refractivity contribution is 5.02. The molecule has 0 spiro atoms. The van der Waals surface area contributed by atoms with Crippen LogP contribution in [0.2, 0.25) is 0 Å². The van der Waals surface area contributed by atoms with Crippen LogP contribution in [0.3, 0.4) is 0 Å². The van der Waals surface area contributed by atoms with Crippen LogP contribution in [0.15, 0.2) is 0 Å². The Morgan fingerprint density at radius 2 is 1.94 bits per heavy atom. The van der Waals surface area contributed by atoms with Crippen molar-refractivity contribution in [3.05, 3.63) is 0 Å². The quantitative estimate of drug-likeness (QED) is 0.790. The van der Waals surface area contributed by atoms with Gasteiger partial charge >= 0.3 is 0 Å². The Balaban J connectivity index is 2.07. The molecule has 0 radical (unpaired) electrons. The molecule has 2 nitrogen and oxygen atoms in total. The Hall–Kier alpha value is -0.0800. The summed E-state index contributed by atoms with van der Waals surface area (Å²) >= 11 is 0. The van der Waals surface area contributed by atoms with E-state index in [1.807, 2.05) is 0 Å². The van der Waals surface area contributed by atoms with Crippen molar-refractivity contribution in [2.75, 3.05) is 13.1 Å². The van der Waals surface area contributed by atoms with Crippen molar-refractivity contribution in [3.63, 3.8) is 0 Å². The average Bonchev–Trinajstić information content (AvgIpc) is 2.28. The van der Waals surface area contributed by atoms with E-state index in [9.17, 15) is 0 Å². The molecule has 0 amide bonds. The molecule has 1 aliphatic carbocycles. The number of nitrogens with one attached hydrogen (secondary N) is 1. The lowest BCUT2D eigenvalue weighted by molar-refractivity contribution is -0.0446. The highest BCUT2D eigenvalue weighted by atomic mass is 15.3. The zero-order valence-corrected chi connectivity index (χ0v) is 11.3. The minimum atomic E-state index is 0.580. The molecule has 0 aromatic heterocycles.